The van der Waals surface area contributed by atoms with Gasteiger partial charge in [0.05, 0.1) is 0 Å². The number of benzene rings is 3. The van der Waals surface area contributed by atoms with Crippen molar-refractivity contribution in [2.75, 3.05) is 0 Å². The number of nitrogens with zero attached hydrogens (tertiary/aromatic N) is 3. The highest BCUT2D eigenvalue weighted by Crippen LogP contribution is 2.40. The maximum absolute atomic E-state index is 5.59. The van der Waals surface area contributed by atoms with Crippen molar-refractivity contribution < 1.29 is 4.68 Å². The molecule has 3 heteroatoms. The van der Waals surface area contributed by atoms with Gasteiger partial charge in [0.2, 0.25) is 5.69 Å². The third-order valence-corrected chi connectivity index (χ3v) is 9.17. The Bertz CT molecular complexity index is 1510. The molecule has 0 aliphatic rings. The number of para-hydroxylation sites is 2. The first kappa shape index (κ1) is 33.7. The topological polar surface area (TPSA) is 21.7 Å². The third-order valence-electron chi connectivity index (χ3n) is 9.17. The minimum absolute atomic E-state index is 0.362. The van der Waals surface area contributed by atoms with Crippen LogP contribution in [0.15, 0.2) is 54.7 Å². The smallest absolute Gasteiger partial charge is 0.101 e. The van der Waals surface area contributed by atoms with Crippen molar-refractivity contribution in [2.45, 2.75) is 138 Å². The van der Waals surface area contributed by atoms with Crippen LogP contribution in [0.5, 0.6) is 0 Å². The monoisotopic (exact) mass is 592 g/mol. The standard InChI is InChI=1S/C41H58N3/c1-24(2)31-21-36(29(11)12)39(37(22-31)30(13)14)38-23-43(40-32(25(3)4)17-15-18-33(40)26(5)6)42-44(38)41-34(27(7)8)19-16-20-35(41)28(9)10/h15-30H,1-14H3/q+1. The predicted octanol–water partition coefficient (Wildman–Crippen LogP) is 11.7. The fourth-order valence-corrected chi connectivity index (χ4v) is 6.57. The van der Waals surface area contributed by atoms with Crippen LogP contribution in [0.3, 0.4) is 0 Å². The van der Waals surface area contributed by atoms with E-state index in [1.54, 1.807) is 0 Å². The van der Waals surface area contributed by atoms with Gasteiger partial charge in [-0.3, -0.25) is 0 Å². The molecule has 0 aliphatic carbocycles. The van der Waals surface area contributed by atoms with E-state index in [0.717, 1.165) is 0 Å². The molecule has 0 radical (unpaired) electrons. The molecule has 1 heterocycles. The molecule has 4 rings (SSSR count). The van der Waals surface area contributed by atoms with Gasteiger partial charge in [0.15, 0.2) is 17.6 Å². The Morgan fingerprint density at radius 3 is 1.25 bits per heavy atom. The zero-order chi connectivity index (χ0) is 32.6. The highest BCUT2D eigenvalue weighted by molar-refractivity contribution is 5.69. The summed E-state index contributed by atoms with van der Waals surface area (Å²) in [4.78, 5) is 0. The molecule has 0 unspecified atom stereocenters. The summed E-state index contributed by atoms with van der Waals surface area (Å²) in [6.07, 6.45) is 2.34. The summed E-state index contributed by atoms with van der Waals surface area (Å²) < 4.78 is 4.53. The minimum Gasteiger partial charge on any atom is -0.101 e. The normalized spacial score (nSPS) is 12.4. The Hall–Kier alpha value is -3.20. The first-order valence-corrected chi connectivity index (χ1v) is 17.1. The molecule has 0 amide bonds. The summed E-state index contributed by atoms with van der Waals surface area (Å²) in [5.74, 6) is 2.69. The number of rotatable bonds is 10. The van der Waals surface area contributed by atoms with Crippen LogP contribution in [-0.2, 0) is 0 Å². The Labute approximate surface area is 268 Å². The van der Waals surface area contributed by atoms with E-state index in [9.17, 15) is 0 Å². The molecule has 0 fully saturated rings. The molecule has 4 aromatic rings. The van der Waals surface area contributed by atoms with Gasteiger partial charge in [-0.2, -0.15) is 0 Å². The van der Waals surface area contributed by atoms with Gasteiger partial charge in [0, 0.05) is 27.8 Å². The fraction of sp³-hybridized carbons (Fsp3) is 0.512. The first-order chi connectivity index (χ1) is 20.6. The summed E-state index contributed by atoms with van der Waals surface area (Å²) in [6, 6.07) is 18.6. The van der Waals surface area contributed by atoms with Crippen LogP contribution in [0.4, 0.5) is 0 Å². The Kier molecular flexibility index (Phi) is 10.3. The van der Waals surface area contributed by atoms with E-state index >= 15 is 0 Å². The van der Waals surface area contributed by atoms with E-state index in [4.69, 9.17) is 5.21 Å². The van der Waals surface area contributed by atoms with Crippen molar-refractivity contribution in [3.8, 4) is 22.6 Å². The number of aromatic nitrogens is 3. The minimum atomic E-state index is 0.362. The van der Waals surface area contributed by atoms with Crippen LogP contribution in [0.2, 0.25) is 0 Å². The molecule has 0 N–H and O–H groups in total. The Morgan fingerprint density at radius 2 is 0.886 bits per heavy atom. The Morgan fingerprint density at radius 1 is 0.500 bits per heavy atom. The van der Waals surface area contributed by atoms with Crippen LogP contribution < -0.4 is 4.68 Å². The molecular weight excluding hydrogens is 534 g/mol. The summed E-state index contributed by atoms with van der Waals surface area (Å²) >= 11 is 0. The van der Waals surface area contributed by atoms with E-state index in [1.807, 2.05) is 0 Å². The van der Waals surface area contributed by atoms with Gasteiger partial charge in [0.25, 0.3) is 0 Å². The van der Waals surface area contributed by atoms with Crippen molar-refractivity contribution in [3.63, 3.8) is 0 Å². The SMILES string of the molecule is CC(C)c1cc(C(C)C)c(-c2cn(-c3c(C(C)C)cccc3C(C)C)n[n+]2-c2c(C(C)C)cccc2C(C)C)c(C(C)C)c1. The van der Waals surface area contributed by atoms with E-state index < -0.39 is 0 Å². The summed E-state index contributed by atoms with van der Waals surface area (Å²) in [5.41, 5.74) is 14.5. The lowest BCUT2D eigenvalue weighted by molar-refractivity contribution is -0.651. The maximum Gasteiger partial charge on any atom is 0.205 e. The van der Waals surface area contributed by atoms with Crippen LogP contribution in [-0.4, -0.2) is 9.90 Å². The quantitative estimate of drug-likeness (QED) is 0.168. The van der Waals surface area contributed by atoms with Crippen LogP contribution in [0.25, 0.3) is 22.6 Å². The van der Waals surface area contributed by atoms with E-state index in [-0.39, 0.29) is 0 Å². The maximum atomic E-state index is 5.59. The lowest BCUT2D eigenvalue weighted by Gasteiger charge is -2.22. The van der Waals surface area contributed by atoms with Crippen molar-refractivity contribution in [2.24, 2.45) is 0 Å². The second-order valence-electron chi connectivity index (χ2n) is 15.0. The predicted molar refractivity (Wildman–Crippen MR) is 189 cm³/mol. The average molecular weight is 593 g/mol. The van der Waals surface area contributed by atoms with Crippen LogP contribution >= 0.6 is 0 Å². The zero-order valence-corrected chi connectivity index (χ0v) is 30.1. The second kappa shape index (κ2) is 13.4. The van der Waals surface area contributed by atoms with E-state index in [1.165, 1.54) is 61.6 Å². The van der Waals surface area contributed by atoms with Gasteiger partial charge in [-0.15, -0.1) is 4.68 Å². The van der Waals surface area contributed by atoms with Gasteiger partial charge in [-0.25, -0.2) is 0 Å². The molecular formula is C41H58N3+. The third kappa shape index (κ3) is 6.44. The Balaban J connectivity index is 2.27. The van der Waals surface area contributed by atoms with Crippen molar-refractivity contribution in [1.82, 2.24) is 9.90 Å². The number of hydrogen-bond donors (Lipinski definition) is 0. The first-order valence-electron chi connectivity index (χ1n) is 17.1. The lowest BCUT2D eigenvalue weighted by Crippen LogP contribution is -2.39. The molecule has 0 spiro atoms. The van der Waals surface area contributed by atoms with Gasteiger partial charge in [-0.1, -0.05) is 150 Å². The lowest BCUT2D eigenvalue weighted by atomic mass is 9.83. The van der Waals surface area contributed by atoms with Gasteiger partial charge in [0.1, 0.15) is 5.21 Å². The summed E-state index contributed by atoms with van der Waals surface area (Å²) in [7, 11) is 0. The molecule has 0 atom stereocenters. The average Bonchev–Trinajstić information content (AvgIpc) is 3.39. The molecule has 3 nitrogen and oxygen atoms in total. The van der Waals surface area contributed by atoms with Gasteiger partial charge >= 0.3 is 0 Å². The largest absolute Gasteiger partial charge is 0.205 e. The fourth-order valence-electron chi connectivity index (χ4n) is 6.57. The van der Waals surface area contributed by atoms with E-state index in [0.29, 0.717) is 41.4 Å². The molecule has 0 bridgehead atoms. The number of hydrogen-bond acceptors (Lipinski definition) is 1. The molecule has 1 aromatic heterocycles. The molecule has 0 saturated carbocycles. The van der Waals surface area contributed by atoms with Crippen LogP contribution in [0, 0.1) is 0 Å². The molecule has 236 valence electrons. The molecule has 44 heavy (non-hydrogen) atoms. The van der Waals surface area contributed by atoms with E-state index in [2.05, 4.69) is 161 Å². The second-order valence-corrected chi connectivity index (χ2v) is 15.0. The van der Waals surface area contributed by atoms with Gasteiger partial charge < -0.3 is 0 Å². The molecule has 3 aromatic carbocycles. The van der Waals surface area contributed by atoms with Crippen molar-refractivity contribution in [1.29, 1.82) is 0 Å². The van der Waals surface area contributed by atoms with Crippen molar-refractivity contribution in [3.05, 3.63) is 93.7 Å². The molecule has 0 saturated heterocycles. The summed E-state index contributed by atoms with van der Waals surface area (Å²) in [6.45, 7) is 32.4. The highest BCUT2D eigenvalue weighted by atomic mass is 15.5. The van der Waals surface area contributed by atoms with Crippen LogP contribution in [0.1, 0.15) is 177 Å². The van der Waals surface area contributed by atoms with Gasteiger partial charge in [-0.05, 0) is 58.1 Å². The molecule has 0 aliphatic heterocycles. The highest BCUT2D eigenvalue weighted by Gasteiger charge is 2.33. The summed E-state index contributed by atoms with van der Waals surface area (Å²) in [5, 5.41) is 5.59. The van der Waals surface area contributed by atoms with Crippen molar-refractivity contribution >= 4 is 0 Å². The zero-order valence-electron chi connectivity index (χ0n) is 30.1.